The molecular weight excluding hydrogens is 572 g/mol. The van der Waals surface area contributed by atoms with Crippen LogP contribution in [-0.2, 0) is 41.9 Å². The maximum absolute atomic E-state index is 14.9. The average molecular weight is 613 g/mol. The van der Waals surface area contributed by atoms with E-state index in [0.29, 0.717) is 19.4 Å². The van der Waals surface area contributed by atoms with E-state index in [0.717, 1.165) is 39.3 Å². The van der Waals surface area contributed by atoms with Gasteiger partial charge in [-0.3, -0.25) is 9.59 Å². The van der Waals surface area contributed by atoms with Crippen LogP contribution in [0.3, 0.4) is 0 Å². The second-order valence-corrected chi connectivity index (χ2v) is 11.4. The lowest BCUT2D eigenvalue weighted by molar-refractivity contribution is -0.149. The molecule has 6 heteroatoms. The molecule has 0 heterocycles. The van der Waals surface area contributed by atoms with Gasteiger partial charge >= 0.3 is 0 Å². The van der Waals surface area contributed by atoms with Crippen LogP contribution in [0.5, 0.6) is 11.5 Å². The van der Waals surface area contributed by atoms with Crippen molar-refractivity contribution in [1.29, 1.82) is 0 Å². The predicted octanol–water partition coefficient (Wildman–Crippen LogP) is 6.82. The Morgan fingerprint density at radius 1 is 0.565 bits per heavy atom. The van der Waals surface area contributed by atoms with Gasteiger partial charge in [-0.1, -0.05) is 115 Å². The fourth-order valence-corrected chi connectivity index (χ4v) is 5.75. The van der Waals surface area contributed by atoms with E-state index in [9.17, 15) is 9.59 Å². The number of benzene rings is 5. The lowest BCUT2D eigenvalue weighted by Crippen LogP contribution is -2.63. The van der Waals surface area contributed by atoms with Crippen molar-refractivity contribution in [2.24, 2.45) is 0 Å². The minimum Gasteiger partial charge on any atom is -0.497 e. The maximum atomic E-state index is 14.9. The largest absolute Gasteiger partial charge is 0.497 e. The number of hydrogen-bond acceptors (Lipinski definition) is 4. The number of carbonyl (C=O) groups excluding carboxylic acids is 2. The standard InChI is InChI=1S/C40H40N2O4/c1-45-36-22-18-34(19-23-36)29-41-39(44)40(27-32-14-8-4-9-15-32,28-33-16-10-5-11-17-33)42(30-35-20-24-37(46-2)25-21-35)38(43)26-31-12-6-3-7-13-31/h3-25H,26-30H2,1-2H3,(H,41,44). The molecule has 0 aromatic heterocycles. The van der Waals surface area contributed by atoms with Crippen molar-refractivity contribution in [3.63, 3.8) is 0 Å². The third-order valence-corrected chi connectivity index (χ3v) is 8.23. The van der Waals surface area contributed by atoms with Gasteiger partial charge in [-0.15, -0.1) is 0 Å². The molecule has 46 heavy (non-hydrogen) atoms. The van der Waals surface area contributed by atoms with Gasteiger partial charge in [0.15, 0.2) is 0 Å². The molecular formula is C40H40N2O4. The van der Waals surface area contributed by atoms with Crippen LogP contribution >= 0.6 is 0 Å². The van der Waals surface area contributed by atoms with Crippen LogP contribution in [-0.4, -0.2) is 36.5 Å². The molecule has 0 bridgehead atoms. The van der Waals surface area contributed by atoms with E-state index < -0.39 is 5.54 Å². The molecule has 6 nitrogen and oxygen atoms in total. The van der Waals surface area contributed by atoms with E-state index in [1.165, 1.54) is 0 Å². The topological polar surface area (TPSA) is 67.9 Å². The van der Waals surface area contributed by atoms with Gasteiger partial charge in [0.2, 0.25) is 11.8 Å². The summed E-state index contributed by atoms with van der Waals surface area (Å²) in [5, 5.41) is 3.23. The Kier molecular flexibility index (Phi) is 10.9. The van der Waals surface area contributed by atoms with Crippen molar-refractivity contribution in [3.8, 4) is 11.5 Å². The molecule has 0 spiro atoms. The molecule has 0 aliphatic heterocycles. The van der Waals surface area contributed by atoms with Crippen molar-refractivity contribution >= 4 is 11.8 Å². The number of methoxy groups -OCH3 is 2. The van der Waals surface area contributed by atoms with E-state index in [2.05, 4.69) is 5.32 Å². The number of ether oxygens (including phenoxy) is 2. The Hall–Kier alpha value is -5.36. The first kappa shape index (κ1) is 32.0. The lowest BCUT2D eigenvalue weighted by atomic mass is 9.81. The first-order chi connectivity index (χ1) is 22.5. The minimum atomic E-state index is -1.26. The summed E-state index contributed by atoms with van der Waals surface area (Å²) in [5.41, 5.74) is 3.38. The number of nitrogens with zero attached hydrogens (tertiary/aromatic N) is 1. The Balaban J connectivity index is 1.62. The second-order valence-electron chi connectivity index (χ2n) is 11.4. The zero-order valence-corrected chi connectivity index (χ0v) is 26.4. The zero-order valence-electron chi connectivity index (χ0n) is 26.4. The molecule has 0 saturated heterocycles. The van der Waals surface area contributed by atoms with Crippen LogP contribution in [0.1, 0.15) is 27.8 Å². The van der Waals surface area contributed by atoms with Crippen LogP contribution < -0.4 is 14.8 Å². The van der Waals surface area contributed by atoms with Gasteiger partial charge < -0.3 is 19.7 Å². The number of nitrogens with one attached hydrogen (secondary N) is 1. The van der Waals surface area contributed by atoms with Crippen LogP contribution in [0.2, 0.25) is 0 Å². The molecule has 0 atom stereocenters. The first-order valence-electron chi connectivity index (χ1n) is 15.5. The predicted molar refractivity (Wildman–Crippen MR) is 182 cm³/mol. The molecule has 2 amide bonds. The summed E-state index contributed by atoms with van der Waals surface area (Å²) in [4.78, 5) is 31.3. The summed E-state index contributed by atoms with van der Waals surface area (Å²) in [7, 11) is 3.25. The molecule has 5 rings (SSSR count). The third-order valence-electron chi connectivity index (χ3n) is 8.23. The van der Waals surface area contributed by atoms with Crippen LogP contribution in [0.15, 0.2) is 140 Å². The number of hydrogen-bond donors (Lipinski definition) is 1. The second kappa shape index (κ2) is 15.6. The molecule has 0 saturated carbocycles. The highest BCUT2D eigenvalue weighted by atomic mass is 16.5. The summed E-state index contributed by atoms with van der Waals surface area (Å²) in [5.74, 6) is 1.12. The Morgan fingerprint density at radius 3 is 1.46 bits per heavy atom. The summed E-state index contributed by atoms with van der Waals surface area (Å²) >= 11 is 0. The van der Waals surface area contributed by atoms with Crippen molar-refractivity contribution in [1.82, 2.24) is 10.2 Å². The quantitative estimate of drug-likeness (QED) is 0.150. The summed E-state index contributed by atoms with van der Waals surface area (Å²) < 4.78 is 10.7. The normalized spacial score (nSPS) is 11.0. The van der Waals surface area contributed by atoms with Crippen LogP contribution in [0.4, 0.5) is 0 Å². The fraction of sp³-hybridized carbons (Fsp3) is 0.200. The van der Waals surface area contributed by atoms with E-state index in [1.54, 1.807) is 19.1 Å². The van der Waals surface area contributed by atoms with Crippen molar-refractivity contribution in [3.05, 3.63) is 167 Å². The first-order valence-corrected chi connectivity index (χ1v) is 15.5. The van der Waals surface area contributed by atoms with Gasteiger partial charge in [-0.05, 0) is 52.1 Å². The highest BCUT2D eigenvalue weighted by Crippen LogP contribution is 2.31. The molecule has 5 aromatic carbocycles. The third kappa shape index (κ3) is 8.21. The number of carbonyl (C=O) groups is 2. The van der Waals surface area contributed by atoms with E-state index in [4.69, 9.17) is 9.47 Å². The lowest BCUT2D eigenvalue weighted by Gasteiger charge is -2.43. The van der Waals surface area contributed by atoms with E-state index >= 15 is 0 Å². The van der Waals surface area contributed by atoms with E-state index in [-0.39, 0.29) is 24.8 Å². The van der Waals surface area contributed by atoms with Gasteiger partial charge in [0.25, 0.3) is 0 Å². The molecule has 0 aliphatic carbocycles. The van der Waals surface area contributed by atoms with Gasteiger partial charge in [-0.2, -0.15) is 0 Å². The maximum Gasteiger partial charge on any atom is 0.246 e. The van der Waals surface area contributed by atoms with E-state index in [1.807, 2.05) is 140 Å². The summed E-state index contributed by atoms with van der Waals surface area (Å²) in [6.07, 6.45) is 0.815. The minimum absolute atomic E-state index is 0.131. The van der Waals surface area contributed by atoms with Crippen LogP contribution in [0.25, 0.3) is 0 Å². The average Bonchev–Trinajstić information content (AvgIpc) is 3.11. The Labute approximate surface area is 271 Å². The summed E-state index contributed by atoms with van der Waals surface area (Å²) in [6, 6.07) is 44.9. The van der Waals surface area contributed by atoms with Crippen molar-refractivity contribution in [2.45, 2.75) is 37.9 Å². The SMILES string of the molecule is COc1ccc(CNC(=O)C(Cc2ccccc2)(Cc2ccccc2)N(Cc2ccc(OC)cc2)C(=O)Cc2ccccc2)cc1. The van der Waals surface area contributed by atoms with Gasteiger partial charge in [0, 0.05) is 25.9 Å². The Morgan fingerprint density at radius 2 is 1.00 bits per heavy atom. The highest BCUT2D eigenvalue weighted by molar-refractivity contribution is 5.93. The molecule has 5 aromatic rings. The highest BCUT2D eigenvalue weighted by Gasteiger charge is 2.46. The fourth-order valence-electron chi connectivity index (χ4n) is 5.75. The summed E-state index contributed by atoms with van der Waals surface area (Å²) in [6.45, 7) is 0.544. The van der Waals surface area contributed by atoms with Gasteiger partial charge in [-0.25, -0.2) is 0 Å². The molecule has 0 aliphatic rings. The molecule has 234 valence electrons. The number of amides is 2. The number of rotatable bonds is 14. The molecule has 1 N–H and O–H groups in total. The van der Waals surface area contributed by atoms with Gasteiger partial charge in [0.1, 0.15) is 17.0 Å². The Bertz CT molecular complexity index is 1630. The van der Waals surface area contributed by atoms with Crippen LogP contribution in [0, 0.1) is 0 Å². The van der Waals surface area contributed by atoms with Crippen molar-refractivity contribution < 1.29 is 19.1 Å². The zero-order chi connectivity index (χ0) is 32.2. The monoisotopic (exact) mass is 612 g/mol. The van der Waals surface area contributed by atoms with Crippen molar-refractivity contribution in [2.75, 3.05) is 14.2 Å². The smallest absolute Gasteiger partial charge is 0.246 e. The molecule has 0 unspecified atom stereocenters. The molecule has 0 fully saturated rings. The molecule has 0 radical (unpaired) electrons. The van der Waals surface area contributed by atoms with Gasteiger partial charge in [0.05, 0.1) is 20.6 Å².